The number of unbranched alkanes of at least 4 members (excludes halogenated alkanes) is 2. The Morgan fingerprint density at radius 1 is 1.07 bits per heavy atom. The first-order chi connectivity index (χ1) is 12.9. The van der Waals surface area contributed by atoms with Crippen molar-refractivity contribution in [3.8, 4) is 17.2 Å². The van der Waals surface area contributed by atoms with Crippen molar-refractivity contribution >= 4 is 17.3 Å². The highest BCUT2D eigenvalue weighted by molar-refractivity contribution is 5.92. The van der Waals surface area contributed by atoms with E-state index in [1.54, 1.807) is 12.1 Å². The fourth-order valence-electron chi connectivity index (χ4n) is 2.96. The van der Waals surface area contributed by atoms with Crippen molar-refractivity contribution < 1.29 is 14.6 Å². The maximum absolute atomic E-state index is 12.0. The van der Waals surface area contributed by atoms with Gasteiger partial charge in [0.1, 0.15) is 17.2 Å². The molecule has 2 aromatic rings. The number of aryl methyl sites for hydroxylation is 2. The quantitative estimate of drug-likeness (QED) is 0.388. The number of phenols is 1. The summed E-state index contributed by atoms with van der Waals surface area (Å²) in [6.45, 7) is 9.02. The van der Waals surface area contributed by atoms with Crippen molar-refractivity contribution in [2.45, 2.75) is 53.4 Å². The minimum atomic E-state index is -0.0988. The van der Waals surface area contributed by atoms with Crippen molar-refractivity contribution in [1.29, 1.82) is 0 Å². The third-order valence-electron chi connectivity index (χ3n) is 4.31. The van der Waals surface area contributed by atoms with E-state index in [1.165, 1.54) is 6.07 Å². The lowest BCUT2D eigenvalue weighted by molar-refractivity contribution is -0.116. The van der Waals surface area contributed by atoms with E-state index in [2.05, 4.69) is 24.5 Å². The number of anilines is 2. The summed E-state index contributed by atoms with van der Waals surface area (Å²) < 4.78 is 6.06. The number of hydrogen-bond acceptors (Lipinski definition) is 4. The minimum Gasteiger partial charge on any atom is -0.506 e. The maximum Gasteiger partial charge on any atom is 0.224 e. The van der Waals surface area contributed by atoms with Crippen LogP contribution in [-0.2, 0) is 4.79 Å². The van der Waals surface area contributed by atoms with Crippen molar-refractivity contribution in [1.82, 2.24) is 0 Å². The van der Waals surface area contributed by atoms with Crippen LogP contribution in [0.25, 0.3) is 0 Å². The molecule has 0 aliphatic carbocycles. The molecule has 0 saturated heterocycles. The summed E-state index contributed by atoms with van der Waals surface area (Å²) in [4.78, 5) is 12.0. The van der Waals surface area contributed by atoms with E-state index in [-0.39, 0.29) is 11.7 Å². The fraction of sp³-hybridized carbons (Fsp3) is 0.409. The van der Waals surface area contributed by atoms with Crippen molar-refractivity contribution in [2.75, 3.05) is 17.2 Å². The zero-order valence-corrected chi connectivity index (χ0v) is 16.7. The van der Waals surface area contributed by atoms with Gasteiger partial charge in [-0.25, -0.2) is 0 Å². The van der Waals surface area contributed by atoms with Crippen LogP contribution in [0.2, 0.25) is 0 Å². The van der Waals surface area contributed by atoms with Crippen LogP contribution in [0.15, 0.2) is 30.3 Å². The molecule has 5 nitrogen and oxygen atoms in total. The molecule has 0 bridgehead atoms. The van der Waals surface area contributed by atoms with E-state index in [9.17, 15) is 9.90 Å². The first-order valence-electron chi connectivity index (χ1n) is 9.60. The van der Waals surface area contributed by atoms with Gasteiger partial charge in [0.25, 0.3) is 0 Å². The molecule has 0 fully saturated rings. The van der Waals surface area contributed by atoms with Gasteiger partial charge in [0.15, 0.2) is 0 Å². The summed E-state index contributed by atoms with van der Waals surface area (Å²) in [5.41, 5.74) is 3.47. The second-order valence-electron chi connectivity index (χ2n) is 6.76. The van der Waals surface area contributed by atoms with Crippen LogP contribution in [-0.4, -0.2) is 17.6 Å². The lowest BCUT2D eigenvalue weighted by atomic mass is 10.1. The lowest BCUT2D eigenvalue weighted by Crippen LogP contribution is -2.11. The average molecular weight is 370 g/mol. The number of carbonyl (C=O) groups is 1. The number of nitrogens with one attached hydrogen (secondary N) is 2. The third-order valence-corrected chi connectivity index (χ3v) is 4.31. The molecular formula is C22H30N2O3. The summed E-state index contributed by atoms with van der Waals surface area (Å²) in [7, 11) is 0. The van der Waals surface area contributed by atoms with Gasteiger partial charge in [0, 0.05) is 24.7 Å². The third kappa shape index (κ3) is 5.91. The van der Waals surface area contributed by atoms with Crippen molar-refractivity contribution in [2.24, 2.45) is 0 Å². The molecule has 0 unspecified atom stereocenters. The summed E-state index contributed by atoms with van der Waals surface area (Å²) in [5, 5.41) is 16.1. The van der Waals surface area contributed by atoms with Crippen LogP contribution >= 0.6 is 0 Å². The Morgan fingerprint density at radius 2 is 1.78 bits per heavy atom. The van der Waals surface area contributed by atoms with E-state index in [4.69, 9.17) is 4.74 Å². The molecule has 5 heteroatoms. The monoisotopic (exact) mass is 370 g/mol. The van der Waals surface area contributed by atoms with Gasteiger partial charge in [-0.3, -0.25) is 4.79 Å². The van der Waals surface area contributed by atoms with E-state index in [0.717, 1.165) is 48.4 Å². The van der Waals surface area contributed by atoms with Gasteiger partial charge in [-0.15, -0.1) is 0 Å². The van der Waals surface area contributed by atoms with Crippen LogP contribution in [0, 0.1) is 13.8 Å². The molecule has 1 amide bonds. The number of benzene rings is 2. The van der Waals surface area contributed by atoms with Crippen molar-refractivity contribution in [3.63, 3.8) is 0 Å². The first-order valence-corrected chi connectivity index (χ1v) is 9.60. The number of amides is 1. The predicted octanol–water partition coefficient (Wildman–Crippen LogP) is 5.75. The zero-order valence-electron chi connectivity index (χ0n) is 16.7. The molecule has 2 aromatic carbocycles. The summed E-state index contributed by atoms with van der Waals surface area (Å²) in [6.07, 6.45) is 3.37. The fourth-order valence-corrected chi connectivity index (χ4v) is 2.96. The van der Waals surface area contributed by atoms with Gasteiger partial charge in [-0.1, -0.05) is 19.8 Å². The molecule has 0 saturated carbocycles. The van der Waals surface area contributed by atoms with Gasteiger partial charge < -0.3 is 20.5 Å². The highest BCUT2D eigenvalue weighted by Crippen LogP contribution is 2.35. The Balaban J connectivity index is 2.15. The second-order valence-corrected chi connectivity index (χ2v) is 6.76. The van der Waals surface area contributed by atoms with E-state index >= 15 is 0 Å². The number of rotatable bonds is 9. The first kappa shape index (κ1) is 20.6. The molecule has 0 heterocycles. The topological polar surface area (TPSA) is 70.6 Å². The van der Waals surface area contributed by atoms with Crippen LogP contribution in [0.3, 0.4) is 0 Å². The van der Waals surface area contributed by atoms with E-state index < -0.39 is 0 Å². The molecule has 0 radical (unpaired) electrons. The minimum absolute atomic E-state index is 0.0297. The Morgan fingerprint density at radius 3 is 2.41 bits per heavy atom. The van der Waals surface area contributed by atoms with E-state index in [1.807, 2.05) is 26.0 Å². The van der Waals surface area contributed by atoms with Crippen LogP contribution in [0.5, 0.6) is 17.2 Å². The molecule has 0 aliphatic rings. The number of hydrogen-bond donors (Lipinski definition) is 3. The number of ether oxygens (including phenoxy) is 1. The summed E-state index contributed by atoms with van der Waals surface area (Å²) in [5.74, 6) is 1.28. The van der Waals surface area contributed by atoms with Crippen molar-refractivity contribution in [3.05, 3.63) is 41.5 Å². The lowest BCUT2D eigenvalue weighted by Gasteiger charge is -2.15. The molecule has 2 rings (SSSR count). The molecular weight excluding hydrogens is 340 g/mol. The van der Waals surface area contributed by atoms with Crippen LogP contribution in [0.4, 0.5) is 11.4 Å². The average Bonchev–Trinajstić information content (AvgIpc) is 2.61. The Hall–Kier alpha value is -2.69. The maximum atomic E-state index is 12.0. The summed E-state index contributed by atoms with van der Waals surface area (Å²) >= 11 is 0. The highest BCUT2D eigenvalue weighted by Gasteiger charge is 2.11. The van der Waals surface area contributed by atoms with Gasteiger partial charge in [-0.2, -0.15) is 0 Å². The highest BCUT2D eigenvalue weighted by atomic mass is 16.5. The zero-order chi connectivity index (χ0) is 19.8. The van der Waals surface area contributed by atoms with E-state index in [0.29, 0.717) is 17.9 Å². The van der Waals surface area contributed by atoms with Gasteiger partial charge >= 0.3 is 0 Å². The second kappa shape index (κ2) is 9.86. The van der Waals surface area contributed by atoms with Crippen LogP contribution < -0.4 is 15.4 Å². The van der Waals surface area contributed by atoms with Crippen LogP contribution in [0.1, 0.15) is 50.7 Å². The van der Waals surface area contributed by atoms with Gasteiger partial charge in [0.05, 0.1) is 5.69 Å². The Bertz CT molecular complexity index is 764. The number of phenolic OH excluding ortho intramolecular Hbond substituents is 1. The number of aromatic hydroxyl groups is 1. The molecule has 0 spiro atoms. The molecule has 0 aliphatic heterocycles. The normalized spacial score (nSPS) is 10.5. The largest absolute Gasteiger partial charge is 0.506 e. The summed E-state index contributed by atoms with van der Waals surface area (Å²) in [6, 6.07) is 8.98. The molecule has 3 N–H and O–H groups in total. The van der Waals surface area contributed by atoms with Gasteiger partial charge in [-0.05, 0) is 62.6 Å². The van der Waals surface area contributed by atoms with Gasteiger partial charge in [0.2, 0.25) is 5.91 Å². The Labute approximate surface area is 161 Å². The number of carbonyl (C=O) groups excluding carboxylic acids is 1. The Kier molecular flexibility index (Phi) is 7.53. The molecule has 146 valence electrons. The molecule has 0 aromatic heterocycles. The smallest absolute Gasteiger partial charge is 0.224 e. The predicted molar refractivity (Wildman–Crippen MR) is 111 cm³/mol. The molecule has 0 atom stereocenters. The molecule has 27 heavy (non-hydrogen) atoms. The SMILES string of the molecule is CCCCCC(=O)Nc1cc(Oc2c(C)cc(NCC)cc2C)ccc1O. The standard InChI is InChI=1S/C22H30N2O3/c1-5-7-8-9-21(26)24-19-14-18(10-11-20(19)25)27-22-15(3)12-17(23-6-2)13-16(22)4/h10-14,23,25H,5-9H2,1-4H3,(H,24,26).